The quantitative estimate of drug-likeness (QED) is 0.844. The van der Waals surface area contributed by atoms with Crippen molar-refractivity contribution in [2.75, 3.05) is 5.32 Å². The third kappa shape index (κ3) is 3.58. The molecule has 0 atom stereocenters. The molecular formula is C18H21N3O3. The second kappa shape index (κ2) is 6.26. The van der Waals surface area contributed by atoms with E-state index in [2.05, 4.69) is 15.5 Å². The normalized spacial score (nSPS) is 17.1. The van der Waals surface area contributed by atoms with E-state index in [0.29, 0.717) is 29.3 Å². The third-order valence-electron chi connectivity index (χ3n) is 4.62. The first kappa shape index (κ1) is 15.2. The van der Waals surface area contributed by atoms with Crippen LogP contribution in [0.15, 0.2) is 28.8 Å². The number of nitrogens with one attached hydrogen (secondary N) is 1. The highest BCUT2D eigenvalue weighted by molar-refractivity contribution is 5.93. The Bertz CT molecular complexity index is 705. The van der Waals surface area contributed by atoms with Crippen molar-refractivity contribution in [3.63, 3.8) is 0 Å². The van der Waals surface area contributed by atoms with Gasteiger partial charge in [-0.1, -0.05) is 5.16 Å². The largest absolute Gasteiger partial charge is 0.485 e. The SMILES string of the molecule is Cc1nc(COc2ccc(NC(=O)C(C3CC3)C3CC3)cc2)no1. The van der Waals surface area contributed by atoms with E-state index >= 15 is 0 Å². The maximum absolute atomic E-state index is 12.5. The molecule has 1 amide bonds. The number of anilines is 1. The Labute approximate surface area is 140 Å². The Kier molecular flexibility index (Phi) is 3.96. The highest BCUT2D eigenvalue weighted by Gasteiger charge is 2.45. The predicted molar refractivity (Wildman–Crippen MR) is 87.4 cm³/mol. The average Bonchev–Trinajstić information content (AvgIpc) is 3.49. The minimum absolute atomic E-state index is 0.177. The first-order valence-electron chi connectivity index (χ1n) is 8.52. The molecule has 0 bridgehead atoms. The first-order valence-corrected chi connectivity index (χ1v) is 8.52. The van der Waals surface area contributed by atoms with Gasteiger partial charge >= 0.3 is 0 Å². The summed E-state index contributed by atoms with van der Waals surface area (Å²) in [6.07, 6.45) is 4.82. The van der Waals surface area contributed by atoms with Crippen molar-refractivity contribution in [2.24, 2.45) is 17.8 Å². The highest BCUT2D eigenvalue weighted by atomic mass is 16.5. The van der Waals surface area contributed by atoms with Gasteiger partial charge in [0.25, 0.3) is 0 Å². The lowest BCUT2D eigenvalue weighted by atomic mass is 9.97. The molecule has 4 rings (SSSR count). The topological polar surface area (TPSA) is 77.2 Å². The molecule has 1 aromatic heterocycles. The van der Waals surface area contributed by atoms with Gasteiger partial charge in [0, 0.05) is 18.5 Å². The van der Waals surface area contributed by atoms with Crippen LogP contribution >= 0.6 is 0 Å². The molecule has 6 heteroatoms. The molecule has 0 spiro atoms. The molecule has 1 heterocycles. The molecule has 1 aromatic carbocycles. The molecule has 2 aliphatic carbocycles. The lowest BCUT2D eigenvalue weighted by molar-refractivity contribution is -0.121. The van der Waals surface area contributed by atoms with Gasteiger partial charge in [-0.15, -0.1) is 0 Å². The summed E-state index contributed by atoms with van der Waals surface area (Å²) in [5.74, 6) is 3.35. The van der Waals surface area contributed by atoms with Crippen molar-refractivity contribution in [1.29, 1.82) is 0 Å². The summed E-state index contributed by atoms with van der Waals surface area (Å²) in [4.78, 5) is 16.6. The fourth-order valence-electron chi connectivity index (χ4n) is 3.13. The molecule has 1 N–H and O–H groups in total. The molecule has 2 fully saturated rings. The zero-order valence-corrected chi connectivity index (χ0v) is 13.7. The first-order chi connectivity index (χ1) is 11.7. The zero-order valence-electron chi connectivity index (χ0n) is 13.7. The zero-order chi connectivity index (χ0) is 16.5. The van der Waals surface area contributed by atoms with E-state index in [-0.39, 0.29) is 18.4 Å². The van der Waals surface area contributed by atoms with Crippen LogP contribution in [-0.2, 0) is 11.4 Å². The number of amides is 1. The molecule has 2 aromatic rings. The van der Waals surface area contributed by atoms with Crippen LogP contribution in [-0.4, -0.2) is 16.0 Å². The van der Waals surface area contributed by atoms with Crippen molar-refractivity contribution >= 4 is 11.6 Å². The molecule has 126 valence electrons. The van der Waals surface area contributed by atoms with Crippen molar-refractivity contribution < 1.29 is 14.1 Å². The van der Waals surface area contributed by atoms with E-state index in [0.717, 1.165) is 5.69 Å². The van der Waals surface area contributed by atoms with Crippen LogP contribution in [0.25, 0.3) is 0 Å². The maximum Gasteiger partial charge on any atom is 0.228 e. The fourth-order valence-corrected chi connectivity index (χ4v) is 3.13. The summed E-state index contributed by atoms with van der Waals surface area (Å²) in [7, 11) is 0. The number of carbonyl (C=O) groups excluding carboxylic acids is 1. The Morgan fingerprint density at radius 3 is 2.46 bits per heavy atom. The lowest BCUT2D eigenvalue weighted by Crippen LogP contribution is -2.26. The monoisotopic (exact) mass is 327 g/mol. The Morgan fingerprint density at radius 1 is 1.25 bits per heavy atom. The summed E-state index contributed by atoms with van der Waals surface area (Å²) in [5.41, 5.74) is 0.814. The molecule has 0 radical (unpaired) electrons. The van der Waals surface area contributed by atoms with E-state index in [1.165, 1.54) is 25.7 Å². The number of carbonyl (C=O) groups is 1. The van der Waals surface area contributed by atoms with Crippen LogP contribution < -0.4 is 10.1 Å². The number of ether oxygens (including phenoxy) is 1. The summed E-state index contributed by atoms with van der Waals surface area (Å²) >= 11 is 0. The molecule has 6 nitrogen and oxygen atoms in total. The fraction of sp³-hybridized carbons (Fsp3) is 0.500. The standard InChI is InChI=1S/C18H21N3O3/c1-11-19-16(21-24-11)10-23-15-8-6-14(7-9-15)20-18(22)17(12-2-3-12)13-4-5-13/h6-9,12-13,17H,2-5,10H2,1H3,(H,20,22). The second-order valence-corrected chi connectivity index (χ2v) is 6.73. The second-order valence-electron chi connectivity index (χ2n) is 6.73. The molecule has 2 saturated carbocycles. The van der Waals surface area contributed by atoms with Crippen molar-refractivity contribution in [3.05, 3.63) is 36.0 Å². The van der Waals surface area contributed by atoms with E-state index in [1.54, 1.807) is 6.92 Å². The smallest absolute Gasteiger partial charge is 0.228 e. The minimum Gasteiger partial charge on any atom is -0.485 e. The van der Waals surface area contributed by atoms with Gasteiger partial charge in [0.1, 0.15) is 5.75 Å². The number of benzene rings is 1. The van der Waals surface area contributed by atoms with Crippen molar-refractivity contribution in [3.8, 4) is 5.75 Å². The van der Waals surface area contributed by atoms with Crippen LogP contribution in [0, 0.1) is 24.7 Å². The van der Waals surface area contributed by atoms with Gasteiger partial charge < -0.3 is 14.6 Å². The van der Waals surface area contributed by atoms with Gasteiger partial charge in [0.15, 0.2) is 6.61 Å². The predicted octanol–water partition coefficient (Wildman–Crippen LogP) is 3.33. The van der Waals surface area contributed by atoms with Crippen LogP contribution in [0.2, 0.25) is 0 Å². The van der Waals surface area contributed by atoms with Gasteiger partial charge in [-0.3, -0.25) is 4.79 Å². The molecule has 24 heavy (non-hydrogen) atoms. The Morgan fingerprint density at radius 2 is 1.92 bits per heavy atom. The van der Waals surface area contributed by atoms with E-state index in [1.807, 2.05) is 24.3 Å². The summed E-state index contributed by atoms with van der Waals surface area (Å²) < 4.78 is 10.5. The van der Waals surface area contributed by atoms with Crippen LogP contribution in [0.1, 0.15) is 37.4 Å². The Hall–Kier alpha value is -2.37. The molecule has 0 unspecified atom stereocenters. The van der Waals surface area contributed by atoms with Crippen molar-refractivity contribution in [2.45, 2.75) is 39.2 Å². The van der Waals surface area contributed by atoms with Crippen LogP contribution in [0.5, 0.6) is 5.75 Å². The summed E-state index contributed by atoms with van der Waals surface area (Å²) in [6.45, 7) is 2.00. The molecule has 2 aliphatic rings. The molecule has 0 aliphatic heterocycles. The van der Waals surface area contributed by atoms with Crippen LogP contribution in [0.4, 0.5) is 5.69 Å². The van der Waals surface area contributed by atoms with Crippen molar-refractivity contribution in [1.82, 2.24) is 10.1 Å². The van der Waals surface area contributed by atoms with Gasteiger partial charge in [0.2, 0.25) is 17.6 Å². The van der Waals surface area contributed by atoms with Gasteiger partial charge in [0.05, 0.1) is 0 Å². The summed E-state index contributed by atoms with van der Waals surface area (Å²) in [5, 5.41) is 6.84. The highest BCUT2D eigenvalue weighted by Crippen LogP contribution is 2.49. The third-order valence-corrected chi connectivity index (χ3v) is 4.62. The maximum atomic E-state index is 12.5. The van der Waals surface area contributed by atoms with Gasteiger partial charge in [-0.05, 0) is 61.8 Å². The molecule has 0 saturated heterocycles. The number of rotatable bonds is 7. The van der Waals surface area contributed by atoms with E-state index in [9.17, 15) is 4.79 Å². The number of hydrogen-bond donors (Lipinski definition) is 1. The minimum atomic E-state index is 0.177. The number of aryl methyl sites for hydroxylation is 1. The van der Waals surface area contributed by atoms with E-state index < -0.39 is 0 Å². The van der Waals surface area contributed by atoms with E-state index in [4.69, 9.17) is 9.26 Å². The lowest BCUT2D eigenvalue weighted by Gasteiger charge is -2.15. The van der Waals surface area contributed by atoms with Gasteiger partial charge in [-0.25, -0.2) is 0 Å². The number of hydrogen-bond acceptors (Lipinski definition) is 5. The van der Waals surface area contributed by atoms with Crippen LogP contribution in [0.3, 0.4) is 0 Å². The molecular weight excluding hydrogens is 306 g/mol. The average molecular weight is 327 g/mol. The number of nitrogens with zero attached hydrogens (tertiary/aromatic N) is 2. The Balaban J connectivity index is 1.32. The van der Waals surface area contributed by atoms with Gasteiger partial charge in [-0.2, -0.15) is 4.98 Å². The summed E-state index contributed by atoms with van der Waals surface area (Å²) in [6, 6.07) is 7.41. The number of aromatic nitrogens is 2.